The van der Waals surface area contributed by atoms with Crippen molar-refractivity contribution in [2.24, 2.45) is 11.7 Å². The zero-order chi connectivity index (χ0) is 15.4. The van der Waals surface area contributed by atoms with E-state index in [-0.39, 0.29) is 5.91 Å². The number of hydrogen-bond donors (Lipinski definition) is 1. The number of aryl methyl sites for hydroxylation is 1. The molecule has 1 saturated heterocycles. The van der Waals surface area contributed by atoms with Gasteiger partial charge in [-0.1, -0.05) is 5.16 Å². The molecule has 118 valence electrons. The molecule has 0 spiro atoms. The van der Waals surface area contributed by atoms with Gasteiger partial charge in [0.25, 0.3) is 0 Å². The number of thiophene rings is 1. The molecule has 0 aromatic carbocycles. The predicted octanol–water partition coefficient (Wildman–Crippen LogP) is 1.93. The molecule has 2 N–H and O–H groups in total. The minimum Gasteiger partial charge on any atom is -0.343 e. The first kappa shape index (κ1) is 15.2. The Bertz CT molecular complexity index is 603. The van der Waals surface area contributed by atoms with Crippen LogP contribution in [0.25, 0.3) is 11.4 Å². The number of nitrogens with zero attached hydrogens (tertiary/aromatic N) is 3. The highest BCUT2D eigenvalue weighted by atomic mass is 32.1. The van der Waals surface area contributed by atoms with Gasteiger partial charge in [-0.2, -0.15) is 16.3 Å². The molecule has 0 atom stereocenters. The third-order valence-corrected chi connectivity index (χ3v) is 4.78. The van der Waals surface area contributed by atoms with Gasteiger partial charge >= 0.3 is 0 Å². The second-order valence-corrected chi connectivity index (χ2v) is 6.36. The van der Waals surface area contributed by atoms with E-state index in [0.29, 0.717) is 30.5 Å². The third-order valence-electron chi connectivity index (χ3n) is 4.10. The van der Waals surface area contributed by atoms with Crippen LogP contribution in [0, 0.1) is 5.92 Å². The average molecular weight is 320 g/mol. The molecular formula is C15H20N4O2S. The molecule has 1 aliphatic heterocycles. The average Bonchev–Trinajstić information content (AvgIpc) is 3.23. The summed E-state index contributed by atoms with van der Waals surface area (Å²) in [5, 5.41) is 7.90. The molecule has 0 saturated carbocycles. The van der Waals surface area contributed by atoms with E-state index in [4.69, 9.17) is 10.3 Å². The van der Waals surface area contributed by atoms with Crippen LogP contribution in [0.3, 0.4) is 0 Å². The summed E-state index contributed by atoms with van der Waals surface area (Å²) in [5.41, 5.74) is 6.63. The van der Waals surface area contributed by atoms with Crippen molar-refractivity contribution in [3.8, 4) is 11.4 Å². The van der Waals surface area contributed by atoms with Crippen LogP contribution in [-0.4, -0.2) is 40.6 Å². The molecule has 1 amide bonds. The van der Waals surface area contributed by atoms with Gasteiger partial charge in [-0.25, -0.2) is 0 Å². The van der Waals surface area contributed by atoms with E-state index >= 15 is 0 Å². The summed E-state index contributed by atoms with van der Waals surface area (Å²) >= 11 is 1.59. The minimum atomic E-state index is 0.158. The Balaban J connectivity index is 1.49. The molecule has 1 fully saturated rings. The van der Waals surface area contributed by atoms with Gasteiger partial charge in [0.05, 0.1) is 0 Å². The first-order valence-corrected chi connectivity index (χ1v) is 8.53. The predicted molar refractivity (Wildman–Crippen MR) is 84.3 cm³/mol. The number of hydrogen-bond acceptors (Lipinski definition) is 6. The molecule has 1 aliphatic rings. The molecular weight excluding hydrogens is 300 g/mol. The molecule has 0 aliphatic carbocycles. The van der Waals surface area contributed by atoms with Gasteiger partial charge in [0.1, 0.15) is 0 Å². The first-order chi connectivity index (χ1) is 10.8. The molecule has 2 aromatic rings. The first-order valence-electron chi connectivity index (χ1n) is 7.59. The van der Waals surface area contributed by atoms with Gasteiger partial charge in [-0.3, -0.25) is 4.79 Å². The number of carbonyl (C=O) groups is 1. The molecule has 6 nitrogen and oxygen atoms in total. The van der Waals surface area contributed by atoms with Crippen LogP contribution in [0.2, 0.25) is 0 Å². The highest BCUT2D eigenvalue weighted by Crippen LogP contribution is 2.20. The van der Waals surface area contributed by atoms with E-state index in [0.717, 1.165) is 38.0 Å². The van der Waals surface area contributed by atoms with Crippen LogP contribution in [0.1, 0.15) is 25.2 Å². The summed E-state index contributed by atoms with van der Waals surface area (Å²) in [5.74, 6) is 1.83. The van der Waals surface area contributed by atoms with Crippen molar-refractivity contribution in [3.63, 3.8) is 0 Å². The lowest BCUT2D eigenvalue weighted by Crippen LogP contribution is -2.40. The maximum atomic E-state index is 12.2. The zero-order valence-electron chi connectivity index (χ0n) is 12.4. The summed E-state index contributed by atoms with van der Waals surface area (Å²) in [7, 11) is 0. The standard InChI is InChI=1S/C15H20N4O2S/c16-9-11-3-6-19(7-4-11)14(20)2-1-13-17-15(18-21-13)12-5-8-22-10-12/h5,8,10-11H,1-4,6-7,9,16H2. The molecule has 3 rings (SSSR count). The summed E-state index contributed by atoms with van der Waals surface area (Å²) in [6.45, 7) is 2.34. The molecule has 0 bridgehead atoms. The smallest absolute Gasteiger partial charge is 0.227 e. The lowest BCUT2D eigenvalue weighted by atomic mass is 9.97. The SMILES string of the molecule is NCC1CCN(C(=O)CCc2nc(-c3ccsc3)no2)CC1. The highest BCUT2D eigenvalue weighted by Gasteiger charge is 2.22. The molecule has 0 unspecified atom stereocenters. The van der Waals surface area contributed by atoms with Crippen molar-refractivity contribution in [3.05, 3.63) is 22.7 Å². The lowest BCUT2D eigenvalue weighted by Gasteiger charge is -2.31. The molecule has 2 aromatic heterocycles. The van der Waals surface area contributed by atoms with Crippen LogP contribution in [-0.2, 0) is 11.2 Å². The third kappa shape index (κ3) is 3.53. The molecule has 0 radical (unpaired) electrons. The topological polar surface area (TPSA) is 85.2 Å². The van der Waals surface area contributed by atoms with Gasteiger partial charge < -0.3 is 15.2 Å². The summed E-state index contributed by atoms with van der Waals surface area (Å²) in [4.78, 5) is 18.5. The second kappa shape index (κ2) is 7.02. The Labute approximate surface area is 133 Å². The van der Waals surface area contributed by atoms with Crippen molar-refractivity contribution in [1.29, 1.82) is 0 Å². The summed E-state index contributed by atoms with van der Waals surface area (Å²) in [6, 6.07) is 1.95. The molecule has 3 heterocycles. The van der Waals surface area contributed by atoms with Gasteiger partial charge in [0.15, 0.2) is 0 Å². The Hall–Kier alpha value is -1.73. The van der Waals surface area contributed by atoms with Gasteiger partial charge in [-0.15, -0.1) is 0 Å². The highest BCUT2D eigenvalue weighted by molar-refractivity contribution is 7.08. The largest absolute Gasteiger partial charge is 0.343 e. The van der Waals surface area contributed by atoms with E-state index in [1.165, 1.54) is 0 Å². The Morgan fingerprint density at radius 1 is 1.45 bits per heavy atom. The van der Waals surface area contributed by atoms with Crippen molar-refractivity contribution in [2.75, 3.05) is 19.6 Å². The van der Waals surface area contributed by atoms with Crippen molar-refractivity contribution in [2.45, 2.75) is 25.7 Å². The number of carbonyl (C=O) groups excluding carboxylic acids is 1. The van der Waals surface area contributed by atoms with E-state index in [1.54, 1.807) is 11.3 Å². The Kier molecular flexibility index (Phi) is 4.84. The maximum Gasteiger partial charge on any atom is 0.227 e. The van der Waals surface area contributed by atoms with E-state index in [9.17, 15) is 4.79 Å². The number of piperidine rings is 1. The van der Waals surface area contributed by atoms with E-state index in [2.05, 4.69) is 10.1 Å². The maximum absolute atomic E-state index is 12.2. The summed E-state index contributed by atoms with van der Waals surface area (Å²) < 4.78 is 5.22. The minimum absolute atomic E-state index is 0.158. The van der Waals surface area contributed by atoms with Crippen molar-refractivity contribution >= 4 is 17.2 Å². The zero-order valence-corrected chi connectivity index (χ0v) is 13.2. The molecule has 22 heavy (non-hydrogen) atoms. The monoisotopic (exact) mass is 320 g/mol. The molecule has 7 heteroatoms. The van der Waals surface area contributed by atoms with Crippen LogP contribution < -0.4 is 5.73 Å². The number of amides is 1. The van der Waals surface area contributed by atoms with Gasteiger partial charge in [0, 0.05) is 36.9 Å². The normalized spacial score (nSPS) is 16.1. The van der Waals surface area contributed by atoms with Gasteiger partial charge in [-0.05, 0) is 36.8 Å². The fourth-order valence-corrected chi connectivity index (χ4v) is 3.29. The second-order valence-electron chi connectivity index (χ2n) is 5.58. The van der Waals surface area contributed by atoms with Gasteiger partial charge in [0.2, 0.25) is 17.6 Å². The fourth-order valence-electron chi connectivity index (χ4n) is 2.66. The van der Waals surface area contributed by atoms with E-state index in [1.807, 2.05) is 21.7 Å². The Morgan fingerprint density at radius 2 is 2.27 bits per heavy atom. The van der Waals surface area contributed by atoms with Crippen LogP contribution in [0.5, 0.6) is 0 Å². The van der Waals surface area contributed by atoms with Crippen molar-refractivity contribution in [1.82, 2.24) is 15.0 Å². The number of nitrogens with two attached hydrogens (primary N) is 1. The quantitative estimate of drug-likeness (QED) is 0.910. The van der Waals surface area contributed by atoms with Crippen LogP contribution in [0.15, 0.2) is 21.3 Å². The van der Waals surface area contributed by atoms with E-state index < -0.39 is 0 Å². The van der Waals surface area contributed by atoms with Crippen molar-refractivity contribution < 1.29 is 9.32 Å². The Morgan fingerprint density at radius 3 is 2.95 bits per heavy atom. The number of aromatic nitrogens is 2. The number of likely N-dealkylation sites (tertiary alicyclic amines) is 1. The number of rotatable bonds is 5. The fraction of sp³-hybridized carbons (Fsp3) is 0.533. The lowest BCUT2D eigenvalue weighted by molar-refractivity contribution is -0.132. The summed E-state index contributed by atoms with van der Waals surface area (Å²) in [6.07, 6.45) is 2.92. The van der Waals surface area contributed by atoms with Crippen LogP contribution >= 0.6 is 11.3 Å². The van der Waals surface area contributed by atoms with Crippen LogP contribution in [0.4, 0.5) is 0 Å².